The minimum absolute atomic E-state index is 0.105. The quantitative estimate of drug-likeness (QED) is 0.400. The fourth-order valence-electron chi connectivity index (χ4n) is 6.79. The SMILES string of the molecule is Cc1nc(N[C@H](C)c2cccc(C(F)F)c2F)c2cc([C@]3(O)CC[C@@H](C(=O)N4CCN(C)CC4)CC3)c3c(c2n1)CCO3. The van der Waals surface area contributed by atoms with Gasteiger partial charge in [0.05, 0.1) is 29.3 Å². The zero-order valence-electron chi connectivity index (χ0n) is 24.8. The fraction of sp³-hybridized carbons (Fsp3) is 0.531. The number of hydrogen-bond acceptors (Lipinski definition) is 7. The van der Waals surface area contributed by atoms with E-state index in [1.165, 1.54) is 12.1 Å². The Bertz CT molecular complexity index is 1530. The number of halogens is 3. The molecule has 2 aromatic carbocycles. The minimum Gasteiger partial charge on any atom is -0.492 e. The van der Waals surface area contributed by atoms with Gasteiger partial charge in [-0.2, -0.15) is 0 Å². The molecule has 3 aliphatic rings. The number of fused-ring (bicyclic) bond motifs is 3. The lowest BCUT2D eigenvalue weighted by Crippen LogP contribution is -2.50. The first kappa shape index (κ1) is 29.6. The van der Waals surface area contributed by atoms with Crippen LogP contribution in [0.25, 0.3) is 10.9 Å². The molecule has 0 radical (unpaired) electrons. The van der Waals surface area contributed by atoms with E-state index in [1.54, 1.807) is 13.8 Å². The molecule has 1 saturated heterocycles. The van der Waals surface area contributed by atoms with Crippen molar-refractivity contribution in [1.82, 2.24) is 19.8 Å². The molecule has 8 nitrogen and oxygen atoms in total. The van der Waals surface area contributed by atoms with Crippen LogP contribution >= 0.6 is 0 Å². The highest BCUT2D eigenvalue weighted by Crippen LogP contribution is 2.48. The molecule has 1 atom stereocenters. The van der Waals surface area contributed by atoms with Crippen LogP contribution in [0.2, 0.25) is 0 Å². The maximum atomic E-state index is 15.0. The lowest BCUT2D eigenvalue weighted by atomic mass is 9.74. The van der Waals surface area contributed by atoms with Gasteiger partial charge in [0.1, 0.15) is 23.2 Å². The normalized spacial score (nSPS) is 23.3. The van der Waals surface area contributed by atoms with E-state index >= 15 is 0 Å². The monoisotopic (exact) mass is 597 g/mol. The molecular weight excluding hydrogens is 559 g/mol. The third-order valence-corrected chi connectivity index (χ3v) is 9.34. The van der Waals surface area contributed by atoms with Crippen LogP contribution in [-0.2, 0) is 16.8 Å². The molecule has 0 bridgehead atoms. The molecule has 0 unspecified atom stereocenters. The lowest BCUT2D eigenvalue weighted by Gasteiger charge is -2.40. The summed E-state index contributed by atoms with van der Waals surface area (Å²) in [5.74, 6) is 0.651. The average molecular weight is 598 g/mol. The number of rotatable bonds is 6. The van der Waals surface area contributed by atoms with Crippen molar-refractivity contribution in [2.24, 2.45) is 5.92 Å². The maximum Gasteiger partial charge on any atom is 0.266 e. The van der Waals surface area contributed by atoms with Crippen LogP contribution in [0.5, 0.6) is 5.75 Å². The summed E-state index contributed by atoms with van der Waals surface area (Å²) in [6.07, 6.45) is -0.350. The van der Waals surface area contributed by atoms with Gasteiger partial charge in [-0.15, -0.1) is 0 Å². The third kappa shape index (κ3) is 5.53. The molecule has 43 heavy (non-hydrogen) atoms. The number of nitrogens with zero attached hydrogens (tertiary/aromatic N) is 4. The number of anilines is 1. The molecule has 2 N–H and O–H groups in total. The zero-order chi connectivity index (χ0) is 30.5. The van der Waals surface area contributed by atoms with E-state index in [0.717, 1.165) is 37.8 Å². The largest absolute Gasteiger partial charge is 0.492 e. The highest BCUT2D eigenvalue weighted by molar-refractivity contribution is 5.94. The molecule has 1 saturated carbocycles. The van der Waals surface area contributed by atoms with Crippen molar-refractivity contribution < 1.29 is 27.8 Å². The van der Waals surface area contributed by atoms with Crippen molar-refractivity contribution >= 4 is 22.6 Å². The molecule has 2 aliphatic heterocycles. The van der Waals surface area contributed by atoms with Crippen LogP contribution in [0.4, 0.5) is 19.0 Å². The molecule has 1 amide bonds. The van der Waals surface area contributed by atoms with E-state index in [9.17, 15) is 23.1 Å². The first-order chi connectivity index (χ1) is 20.6. The number of aliphatic hydroxyl groups is 1. The molecular formula is C32H38F3N5O3. The van der Waals surface area contributed by atoms with Crippen LogP contribution in [-0.4, -0.2) is 70.6 Å². The van der Waals surface area contributed by atoms with Crippen LogP contribution < -0.4 is 10.1 Å². The summed E-state index contributed by atoms with van der Waals surface area (Å²) in [5.41, 5.74) is 0.468. The van der Waals surface area contributed by atoms with Crippen molar-refractivity contribution in [1.29, 1.82) is 0 Å². The number of aromatic nitrogens is 2. The van der Waals surface area contributed by atoms with Crippen LogP contribution in [0.3, 0.4) is 0 Å². The van der Waals surface area contributed by atoms with Crippen LogP contribution in [0.1, 0.15) is 73.2 Å². The first-order valence-electron chi connectivity index (χ1n) is 15.1. The topological polar surface area (TPSA) is 90.8 Å². The molecule has 0 spiro atoms. The Morgan fingerprint density at radius 2 is 1.84 bits per heavy atom. The van der Waals surface area contributed by atoms with E-state index < -0.39 is 29.4 Å². The summed E-state index contributed by atoms with van der Waals surface area (Å²) < 4.78 is 47.8. The Hall–Kier alpha value is -3.44. The Morgan fingerprint density at radius 1 is 1.14 bits per heavy atom. The van der Waals surface area contributed by atoms with Crippen molar-refractivity contribution in [2.45, 2.75) is 64.0 Å². The number of ether oxygens (including phenoxy) is 1. The van der Waals surface area contributed by atoms with Crippen molar-refractivity contribution in [3.63, 3.8) is 0 Å². The second-order valence-corrected chi connectivity index (χ2v) is 12.2. The number of carbonyl (C=O) groups is 1. The van der Waals surface area contributed by atoms with Gasteiger partial charge in [-0.05, 0) is 52.6 Å². The summed E-state index contributed by atoms with van der Waals surface area (Å²) in [4.78, 5) is 26.7. The van der Waals surface area contributed by atoms with Gasteiger partial charge in [-0.1, -0.05) is 18.2 Å². The second-order valence-electron chi connectivity index (χ2n) is 12.2. The van der Waals surface area contributed by atoms with Crippen molar-refractivity contribution in [3.8, 4) is 5.75 Å². The zero-order valence-corrected chi connectivity index (χ0v) is 24.8. The van der Waals surface area contributed by atoms with E-state index in [2.05, 4.69) is 22.2 Å². The van der Waals surface area contributed by atoms with Gasteiger partial charge in [0, 0.05) is 60.6 Å². The van der Waals surface area contributed by atoms with Gasteiger partial charge in [0.2, 0.25) is 5.91 Å². The Labute approximate surface area is 249 Å². The van der Waals surface area contributed by atoms with Gasteiger partial charge in [0.15, 0.2) is 0 Å². The highest BCUT2D eigenvalue weighted by atomic mass is 19.3. The van der Waals surface area contributed by atoms with E-state index in [0.29, 0.717) is 72.6 Å². The number of aryl methyl sites for hydroxylation is 1. The average Bonchev–Trinajstić information content (AvgIpc) is 3.47. The molecule has 1 aromatic heterocycles. The predicted molar refractivity (Wildman–Crippen MR) is 157 cm³/mol. The summed E-state index contributed by atoms with van der Waals surface area (Å²) in [6, 6.07) is 5.16. The number of benzene rings is 2. The maximum absolute atomic E-state index is 15.0. The smallest absolute Gasteiger partial charge is 0.266 e. The second kappa shape index (κ2) is 11.6. The Balaban J connectivity index is 1.31. The number of nitrogens with one attached hydrogen (secondary N) is 1. The number of likely N-dealkylation sites (N-methyl/N-ethyl adjacent to an activating group) is 1. The number of alkyl halides is 2. The standard InChI is InChI=1S/C32H38F3N5O3/c1-18(21-5-4-6-22(26(21)33)29(34)35)36-30-24-17-25(28-23(9-16-43-28)27(24)37-19(2)38-30)32(42)10-7-20(8-11-32)31(41)40-14-12-39(3)13-15-40/h4-6,17-18,20,29,42H,7-16H2,1-3H3,(H,36,37,38)/t18-,20-,32+/m1/s1. The van der Waals surface area contributed by atoms with Crippen molar-refractivity contribution in [2.75, 3.05) is 45.2 Å². The molecule has 6 rings (SSSR count). The molecule has 1 aliphatic carbocycles. The van der Waals surface area contributed by atoms with E-state index in [4.69, 9.17) is 9.72 Å². The van der Waals surface area contributed by atoms with Crippen LogP contribution in [0.15, 0.2) is 24.3 Å². The molecule has 2 fully saturated rings. The van der Waals surface area contributed by atoms with E-state index in [-0.39, 0.29) is 17.4 Å². The van der Waals surface area contributed by atoms with Gasteiger partial charge in [-0.25, -0.2) is 23.1 Å². The van der Waals surface area contributed by atoms with Gasteiger partial charge >= 0.3 is 0 Å². The van der Waals surface area contributed by atoms with Gasteiger partial charge in [-0.3, -0.25) is 4.79 Å². The highest BCUT2D eigenvalue weighted by Gasteiger charge is 2.42. The van der Waals surface area contributed by atoms with Crippen molar-refractivity contribution in [3.05, 3.63) is 58.2 Å². The number of hydrogen-bond donors (Lipinski definition) is 2. The Morgan fingerprint density at radius 3 is 2.53 bits per heavy atom. The lowest BCUT2D eigenvalue weighted by molar-refractivity contribution is -0.140. The minimum atomic E-state index is -2.92. The van der Waals surface area contributed by atoms with E-state index in [1.807, 2.05) is 11.0 Å². The van der Waals surface area contributed by atoms with Gasteiger partial charge < -0.3 is 25.0 Å². The number of carbonyl (C=O) groups excluding carboxylic acids is 1. The number of amides is 1. The third-order valence-electron chi connectivity index (χ3n) is 9.34. The summed E-state index contributed by atoms with van der Waals surface area (Å²) in [5, 5.41) is 15.9. The summed E-state index contributed by atoms with van der Waals surface area (Å²) in [7, 11) is 2.06. The molecule has 230 valence electrons. The summed E-state index contributed by atoms with van der Waals surface area (Å²) in [6.45, 7) is 7.09. The molecule has 11 heteroatoms. The summed E-state index contributed by atoms with van der Waals surface area (Å²) >= 11 is 0. The predicted octanol–water partition coefficient (Wildman–Crippen LogP) is 5.27. The number of piperazine rings is 1. The first-order valence-corrected chi connectivity index (χ1v) is 15.1. The Kier molecular flexibility index (Phi) is 7.97. The van der Waals surface area contributed by atoms with Gasteiger partial charge in [0.25, 0.3) is 6.43 Å². The molecule has 3 heterocycles. The fourth-order valence-corrected chi connectivity index (χ4v) is 6.79. The van der Waals surface area contributed by atoms with Crippen LogP contribution in [0, 0.1) is 18.7 Å². The molecule has 3 aromatic rings.